The average Bonchev–Trinajstić information content (AvgIpc) is 2.22. The zero-order valence-corrected chi connectivity index (χ0v) is 13.6. The van der Waals surface area contributed by atoms with Crippen LogP contribution in [0.25, 0.3) is 0 Å². The van der Waals surface area contributed by atoms with Gasteiger partial charge in [0.2, 0.25) is 0 Å². The van der Waals surface area contributed by atoms with E-state index in [0.29, 0.717) is 12.8 Å². The number of carboxylic acid groups (broad SMARTS) is 2. The van der Waals surface area contributed by atoms with Gasteiger partial charge in [-0.15, -0.1) is 0 Å². The number of aliphatic carboxylic acids is 2. The monoisotopic (exact) mass is 350 g/mol. The Balaban J connectivity index is 0. The van der Waals surface area contributed by atoms with Gasteiger partial charge in [-0.2, -0.15) is 0 Å². The van der Waals surface area contributed by atoms with Gasteiger partial charge in [-0.1, -0.05) is 25.7 Å². The maximum atomic E-state index is 10.0. The Morgan fingerprint density at radius 1 is 0.765 bits per heavy atom. The van der Waals surface area contributed by atoms with Crippen LogP contribution >= 0.6 is 0 Å². The van der Waals surface area contributed by atoms with Gasteiger partial charge in [0.15, 0.2) is 0 Å². The van der Waals surface area contributed by atoms with E-state index in [0.717, 1.165) is 25.7 Å². The summed E-state index contributed by atoms with van der Waals surface area (Å²) in [6, 6.07) is 0. The standard InChI is InChI=1S/C10H18O4.2CH3.Sn/c11-9(12)7-5-3-1-2-4-6-8-10(13)14;;;/h1-8H2,(H,11,12)(H,13,14);2*1H3;/q;;;+2/p-2. The first kappa shape index (κ1) is 19.1. The van der Waals surface area contributed by atoms with Crippen molar-refractivity contribution in [2.75, 3.05) is 0 Å². The normalized spacial score (nSPS) is 8.82. The quantitative estimate of drug-likeness (QED) is 0.446. The molecule has 0 spiro atoms. The van der Waals surface area contributed by atoms with Crippen molar-refractivity contribution in [3.63, 3.8) is 0 Å². The molecule has 0 amide bonds. The molecule has 0 atom stereocenters. The van der Waals surface area contributed by atoms with Crippen molar-refractivity contribution < 1.29 is 19.8 Å². The summed E-state index contributed by atoms with van der Waals surface area (Å²) in [4.78, 5) is 24.6. The van der Waals surface area contributed by atoms with Crippen molar-refractivity contribution in [3.8, 4) is 0 Å². The van der Waals surface area contributed by atoms with E-state index in [4.69, 9.17) is 0 Å². The molecule has 0 saturated carbocycles. The first-order valence-electron chi connectivity index (χ1n) is 6.02. The van der Waals surface area contributed by atoms with Crippen LogP contribution in [0, 0.1) is 0 Å². The van der Waals surface area contributed by atoms with Crippen LogP contribution in [0.15, 0.2) is 0 Å². The number of rotatable bonds is 9. The Kier molecular flexibility index (Phi) is 17.7. The third-order valence-electron chi connectivity index (χ3n) is 2.01. The van der Waals surface area contributed by atoms with Gasteiger partial charge in [0.1, 0.15) is 0 Å². The Morgan fingerprint density at radius 3 is 1.24 bits per heavy atom. The number of hydrogen-bond acceptors (Lipinski definition) is 4. The molecule has 0 aromatic carbocycles. The Morgan fingerprint density at radius 2 is 1.00 bits per heavy atom. The topological polar surface area (TPSA) is 80.3 Å². The van der Waals surface area contributed by atoms with E-state index in [1.54, 1.807) is 0 Å². The van der Waals surface area contributed by atoms with Gasteiger partial charge in [-0.05, 0) is 25.7 Å². The Labute approximate surface area is 114 Å². The predicted octanol–water partition coefficient (Wildman–Crippen LogP) is 0.394. The fraction of sp³-hybridized carbons (Fsp3) is 0.833. The summed E-state index contributed by atoms with van der Waals surface area (Å²) in [6.07, 6.45) is 5.23. The zero-order valence-electron chi connectivity index (χ0n) is 10.8. The second-order valence-electron chi connectivity index (χ2n) is 3.87. The van der Waals surface area contributed by atoms with Crippen molar-refractivity contribution >= 4 is 33.1 Å². The first-order chi connectivity index (χ1) is 8.04. The molecule has 0 radical (unpaired) electrons. The summed E-state index contributed by atoms with van der Waals surface area (Å²) in [5.41, 5.74) is 0. The average molecular weight is 349 g/mol. The number of carbonyl (C=O) groups excluding carboxylic acids is 2. The molecule has 0 saturated heterocycles. The van der Waals surface area contributed by atoms with E-state index in [-0.39, 0.29) is 34.0 Å². The molecule has 0 aliphatic carbocycles. The van der Waals surface area contributed by atoms with E-state index < -0.39 is 11.9 Å². The molecule has 0 fully saturated rings. The summed E-state index contributed by atoms with van der Waals surface area (Å²) in [6.45, 7) is 0. The fourth-order valence-electron chi connectivity index (χ4n) is 1.25. The molecule has 0 unspecified atom stereocenters. The molecular formula is C12H22O4Sn. The van der Waals surface area contributed by atoms with Gasteiger partial charge < -0.3 is 19.8 Å². The van der Waals surface area contributed by atoms with Crippen molar-refractivity contribution in [2.24, 2.45) is 0 Å². The fourth-order valence-corrected chi connectivity index (χ4v) is 1.25. The SMILES string of the molecule is O=C([O-])CCCCCCCCC(=O)[O-].[CH3][Sn+2][CH3]. The van der Waals surface area contributed by atoms with Gasteiger partial charge in [-0.25, -0.2) is 0 Å². The summed E-state index contributed by atoms with van der Waals surface area (Å²) >= 11 is 0.230. The molecule has 0 heterocycles. The zero-order chi connectivity index (χ0) is 13.5. The van der Waals surface area contributed by atoms with Gasteiger partial charge in [0.25, 0.3) is 0 Å². The molecule has 0 aromatic heterocycles. The molecule has 4 nitrogen and oxygen atoms in total. The van der Waals surface area contributed by atoms with Gasteiger partial charge >= 0.3 is 31.0 Å². The number of carboxylic acids is 2. The van der Waals surface area contributed by atoms with Crippen molar-refractivity contribution in [1.82, 2.24) is 0 Å². The third kappa shape index (κ3) is 25.8. The van der Waals surface area contributed by atoms with Gasteiger partial charge in [0, 0.05) is 11.9 Å². The number of hydrogen-bond donors (Lipinski definition) is 0. The first-order valence-corrected chi connectivity index (χ1v) is 11.7. The second-order valence-corrected chi connectivity index (χ2v) is 6.72. The van der Waals surface area contributed by atoms with Crippen LogP contribution in [0.4, 0.5) is 0 Å². The molecule has 0 aliphatic heterocycles. The van der Waals surface area contributed by atoms with E-state index in [9.17, 15) is 19.8 Å². The van der Waals surface area contributed by atoms with Gasteiger partial charge in [-0.3, -0.25) is 0 Å². The minimum atomic E-state index is -0.998. The molecule has 98 valence electrons. The number of carbonyl (C=O) groups is 2. The molecular weight excluding hydrogens is 327 g/mol. The van der Waals surface area contributed by atoms with E-state index >= 15 is 0 Å². The van der Waals surface area contributed by atoms with Gasteiger partial charge in [0.05, 0.1) is 0 Å². The number of unbranched alkanes of at least 4 members (excludes halogenated alkanes) is 5. The summed E-state index contributed by atoms with van der Waals surface area (Å²) in [5.74, 6) is -2.00. The molecule has 17 heavy (non-hydrogen) atoms. The van der Waals surface area contributed by atoms with E-state index in [2.05, 4.69) is 9.88 Å². The molecule has 0 bridgehead atoms. The Bertz CT molecular complexity index is 175. The van der Waals surface area contributed by atoms with E-state index in [1.807, 2.05) is 0 Å². The van der Waals surface area contributed by atoms with E-state index in [1.165, 1.54) is 0 Å². The third-order valence-corrected chi connectivity index (χ3v) is 2.01. The van der Waals surface area contributed by atoms with Crippen molar-refractivity contribution in [2.45, 2.75) is 61.2 Å². The maximum absolute atomic E-state index is 10.0. The molecule has 5 heteroatoms. The molecule has 0 aliphatic rings. The predicted molar refractivity (Wildman–Crippen MR) is 64.4 cm³/mol. The minimum absolute atomic E-state index is 0.124. The van der Waals surface area contributed by atoms with Crippen LogP contribution in [-0.4, -0.2) is 33.1 Å². The Hall–Kier alpha value is -0.261. The molecule has 0 aromatic rings. The second kappa shape index (κ2) is 15.7. The molecule has 0 N–H and O–H groups in total. The summed E-state index contributed by atoms with van der Waals surface area (Å²) in [5, 5.41) is 20.1. The van der Waals surface area contributed by atoms with Crippen molar-refractivity contribution in [3.05, 3.63) is 0 Å². The summed E-state index contributed by atoms with van der Waals surface area (Å²) in [7, 11) is 0. The summed E-state index contributed by atoms with van der Waals surface area (Å²) < 4.78 is 0. The van der Waals surface area contributed by atoms with Crippen LogP contribution in [0.3, 0.4) is 0 Å². The molecule has 0 rings (SSSR count). The van der Waals surface area contributed by atoms with Crippen LogP contribution in [-0.2, 0) is 9.59 Å². The van der Waals surface area contributed by atoms with Crippen LogP contribution < -0.4 is 10.2 Å². The van der Waals surface area contributed by atoms with Crippen LogP contribution in [0.2, 0.25) is 9.88 Å². The van der Waals surface area contributed by atoms with Crippen LogP contribution in [0.5, 0.6) is 0 Å². The van der Waals surface area contributed by atoms with Crippen LogP contribution in [0.1, 0.15) is 51.4 Å². The van der Waals surface area contributed by atoms with Crippen molar-refractivity contribution in [1.29, 1.82) is 0 Å².